The summed E-state index contributed by atoms with van der Waals surface area (Å²) in [5.74, 6) is 0.798. The zero-order valence-electron chi connectivity index (χ0n) is 14.6. The first-order chi connectivity index (χ1) is 12.8. The van der Waals surface area contributed by atoms with Crippen LogP contribution in [0.3, 0.4) is 0 Å². The van der Waals surface area contributed by atoms with Crippen LogP contribution in [0.4, 0.5) is 0 Å². The topological polar surface area (TPSA) is 61.5 Å². The van der Waals surface area contributed by atoms with E-state index in [1.165, 1.54) is 11.1 Å². The number of aliphatic hydroxyl groups is 1. The third-order valence-corrected chi connectivity index (χ3v) is 5.55. The fourth-order valence-corrected chi connectivity index (χ4v) is 4.13. The summed E-state index contributed by atoms with van der Waals surface area (Å²) in [5, 5.41) is 16.6. The van der Waals surface area contributed by atoms with Gasteiger partial charge < -0.3 is 14.8 Å². The standard InChI is InChI=1S/C20H23N3O2S/c24-18(13-23-8-7-15-4-1-2-5-16(15)12-23)11-21-10-17-14-26-20(22-17)19-6-3-9-25-19/h1-6,9,14,18,21,24H,7-8,10-13H2. The zero-order chi connectivity index (χ0) is 17.8. The molecule has 1 aliphatic heterocycles. The van der Waals surface area contributed by atoms with Crippen molar-refractivity contribution in [2.24, 2.45) is 0 Å². The number of benzene rings is 1. The number of aromatic nitrogens is 1. The molecule has 1 unspecified atom stereocenters. The second-order valence-corrected chi connectivity index (χ2v) is 7.52. The Labute approximate surface area is 157 Å². The van der Waals surface area contributed by atoms with Crippen molar-refractivity contribution in [3.8, 4) is 10.8 Å². The zero-order valence-corrected chi connectivity index (χ0v) is 15.4. The number of furan rings is 1. The van der Waals surface area contributed by atoms with Gasteiger partial charge in [0.1, 0.15) is 0 Å². The summed E-state index contributed by atoms with van der Waals surface area (Å²) in [4.78, 5) is 6.89. The fraction of sp³-hybridized carbons (Fsp3) is 0.350. The lowest BCUT2D eigenvalue weighted by atomic mass is 10.00. The fourth-order valence-electron chi connectivity index (χ4n) is 3.34. The van der Waals surface area contributed by atoms with Crippen LogP contribution in [-0.2, 0) is 19.5 Å². The molecule has 2 aromatic heterocycles. The summed E-state index contributed by atoms with van der Waals surface area (Å²) in [6, 6.07) is 12.4. The van der Waals surface area contributed by atoms with Crippen LogP contribution in [-0.4, -0.2) is 40.7 Å². The maximum atomic E-state index is 10.3. The monoisotopic (exact) mass is 369 g/mol. The molecule has 0 fully saturated rings. The van der Waals surface area contributed by atoms with Crippen molar-refractivity contribution >= 4 is 11.3 Å². The lowest BCUT2D eigenvalue weighted by Gasteiger charge is -2.30. The van der Waals surface area contributed by atoms with Gasteiger partial charge in [0.05, 0.1) is 18.1 Å². The van der Waals surface area contributed by atoms with Crippen molar-refractivity contribution in [2.45, 2.75) is 25.6 Å². The Morgan fingerprint density at radius 3 is 2.96 bits per heavy atom. The van der Waals surface area contributed by atoms with Crippen molar-refractivity contribution in [1.29, 1.82) is 0 Å². The number of hydrogen-bond donors (Lipinski definition) is 2. The predicted octanol–water partition coefficient (Wildman–Crippen LogP) is 2.91. The molecule has 136 valence electrons. The van der Waals surface area contributed by atoms with Gasteiger partial charge in [0.2, 0.25) is 0 Å². The van der Waals surface area contributed by atoms with Crippen LogP contribution < -0.4 is 5.32 Å². The van der Waals surface area contributed by atoms with Crippen molar-refractivity contribution in [1.82, 2.24) is 15.2 Å². The molecule has 0 radical (unpaired) electrons. The third-order valence-electron chi connectivity index (χ3n) is 4.65. The normalized spacial score (nSPS) is 15.7. The van der Waals surface area contributed by atoms with E-state index < -0.39 is 0 Å². The minimum Gasteiger partial charge on any atom is -0.462 e. The number of rotatable bonds is 7. The van der Waals surface area contributed by atoms with Gasteiger partial charge in [-0.15, -0.1) is 11.3 Å². The molecule has 5 nitrogen and oxygen atoms in total. The van der Waals surface area contributed by atoms with Gasteiger partial charge in [-0.05, 0) is 29.7 Å². The van der Waals surface area contributed by atoms with Crippen molar-refractivity contribution in [2.75, 3.05) is 19.6 Å². The molecule has 6 heteroatoms. The Hall–Kier alpha value is -1.99. The first-order valence-corrected chi connectivity index (χ1v) is 9.82. The van der Waals surface area contributed by atoms with Gasteiger partial charge in [0.15, 0.2) is 10.8 Å². The predicted molar refractivity (Wildman–Crippen MR) is 103 cm³/mol. The minimum absolute atomic E-state index is 0.386. The van der Waals surface area contributed by atoms with Crippen LogP contribution in [0.25, 0.3) is 10.8 Å². The Kier molecular flexibility index (Phi) is 5.45. The van der Waals surface area contributed by atoms with Crippen LogP contribution in [0.1, 0.15) is 16.8 Å². The molecular weight excluding hydrogens is 346 g/mol. The summed E-state index contributed by atoms with van der Waals surface area (Å²) >= 11 is 1.57. The SMILES string of the molecule is OC(CNCc1csc(-c2ccco2)n1)CN1CCc2ccccc2C1. The average molecular weight is 369 g/mol. The molecule has 0 amide bonds. The Morgan fingerprint density at radius 1 is 1.23 bits per heavy atom. The quantitative estimate of drug-likeness (QED) is 0.671. The van der Waals surface area contributed by atoms with Crippen molar-refractivity contribution in [3.63, 3.8) is 0 Å². The summed E-state index contributed by atoms with van der Waals surface area (Å²) in [7, 11) is 0. The molecule has 4 rings (SSSR count). The number of aliphatic hydroxyl groups excluding tert-OH is 1. The Bertz CT molecular complexity index is 831. The van der Waals surface area contributed by atoms with Gasteiger partial charge in [0, 0.05) is 38.1 Å². The summed E-state index contributed by atoms with van der Waals surface area (Å²) < 4.78 is 5.37. The van der Waals surface area contributed by atoms with Gasteiger partial charge in [-0.25, -0.2) is 4.98 Å². The maximum Gasteiger partial charge on any atom is 0.162 e. The van der Waals surface area contributed by atoms with Crippen LogP contribution in [0.15, 0.2) is 52.5 Å². The van der Waals surface area contributed by atoms with E-state index in [9.17, 15) is 5.11 Å². The first kappa shape index (κ1) is 17.4. The molecule has 26 heavy (non-hydrogen) atoms. The smallest absolute Gasteiger partial charge is 0.162 e. The van der Waals surface area contributed by atoms with E-state index in [0.717, 1.165) is 36.0 Å². The number of β-amino-alcohol motifs (C(OH)–C–C–N with tert-alkyl or cyclic N) is 1. The molecule has 1 atom stereocenters. The van der Waals surface area contributed by atoms with Crippen LogP contribution in [0, 0.1) is 0 Å². The van der Waals surface area contributed by atoms with Gasteiger partial charge in [-0.2, -0.15) is 0 Å². The van der Waals surface area contributed by atoms with E-state index in [2.05, 4.69) is 39.5 Å². The molecule has 3 aromatic rings. The van der Waals surface area contributed by atoms with Crippen LogP contribution in [0.5, 0.6) is 0 Å². The molecule has 3 heterocycles. The number of fused-ring (bicyclic) bond motifs is 1. The number of thiazole rings is 1. The van der Waals surface area contributed by atoms with E-state index in [1.807, 2.05) is 17.5 Å². The lowest BCUT2D eigenvalue weighted by molar-refractivity contribution is 0.104. The molecule has 1 aromatic carbocycles. The number of hydrogen-bond acceptors (Lipinski definition) is 6. The van der Waals surface area contributed by atoms with E-state index >= 15 is 0 Å². The lowest BCUT2D eigenvalue weighted by Crippen LogP contribution is -2.40. The molecule has 1 aliphatic rings. The number of nitrogens with zero attached hydrogens (tertiary/aromatic N) is 2. The highest BCUT2D eigenvalue weighted by Crippen LogP contribution is 2.23. The first-order valence-electron chi connectivity index (χ1n) is 8.94. The molecule has 2 N–H and O–H groups in total. The highest BCUT2D eigenvalue weighted by atomic mass is 32.1. The second kappa shape index (κ2) is 8.14. The average Bonchev–Trinajstić information content (AvgIpc) is 3.33. The molecule has 0 spiro atoms. The van der Waals surface area contributed by atoms with Gasteiger partial charge >= 0.3 is 0 Å². The third kappa shape index (κ3) is 4.22. The van der Waals surface area contributed by atoms with Crippen molar-refractivity contribution in [3.05, 3.63) is 64.9 Å². The molecule has 0 saturated carbocycles. The summed E-state index contributed by atoms with van der Waals surface area (Å²) in [6.07, 6.45) is 2.33. The summed E-state index contributed by atoms with van der Waals surface area (Å²) in [6.45, 7) is 3.83. The maximum absolute atomic E-state index is 10.3. The molecule has 0 bridgehead atoms. The molecule has 0 saturated heterocycles. The van der Waals surface area contributed by atoms with E-state index in [-0.39, 0.29) is 6.10 Å². The number of nitrogens with one attached hydrogen (secondary N) is 1. The minimum atomic E-state index is -0.386. The van der Waals surface area contributed by atoms with Gasteiger partial charge in [0.25, 0.3) is 0 Å². The summed E-state index contributed by atoms with van der Waals surface area (Å²) in [5.41, 5.74) is 3.79. The van der Waals surface area contributed by atoms with E-state index in [1.54, 1.807) is 17.6 Å². The molecule has 0 aliphatic carbocycles. The van der Waals surface area contributed by atoms with Crippen molar-refractivity contribution < 1.29 is 9.52 Å². The van der Waals surface area contributed by atoms with Crippen LogP contribution in [0.2, 0.25) is 0 Å². The Morgan fingerprint density at radius 2 is 2.12 bits per heavy atom. The van der Waals surface area contributed by atoms with Gasteiger partial charge in [-0.3, -0.25) is 4.90 Å². The van der Waals surface area contributed by atoms with E-state index in [4.69, 9.17) is 4.42 Å². The highest BCUT2D eigenvalue weighted by Gasteiger charge is 2.18. The molecular formula is C20H23N3O2S. The Balaban J connectivity index is 1.22. The highest BCUT2D eigenvalue weighted by molar-refractivity contribution is 7.13. The van der Waals surface area contributed by atoms with Gasteiger partial charge in [-0.1, -0.05) is 24.3 Å². The van der Waals surface area contributed by atoms with Crippen LogP contribution >= 0.6 is 11.3 Å². The van der Waals surface area contributed by atoms with E-state index in [0.29, 0.717) is 19.6 Å². The largest absolute Gasteiger partial charge is 0.462 e. The second-order valence-electron chi connectivity index (χ2n) is 6.66.